The summed E-state index contributed by atoms with van der Waals surface area (Å²) < 4.78 is 20.6. The number of nitrogens with one attached hydrogen (secondary N) is 2. The lowest BCUT2D eigenvalue weighted by Crippen LogP contribution is -2.49. The van der Waals surface area contributed by atoms with E-state index < -0.39 is 22.8 Å². The van der Waals surface area contributed by atoms with Gasteiger partial charge in [0, 0.05) is 6.54 Å². The highest BCUT2D eigenvalue weighted by atomic mass is 19.1. The summed E-state index contributed by atoms with van der Waals surface area (Å²) in [5.74, 6) is -1.31. The second kappa shape index (κ2) is 7.81. The quantitative estimate of drug-likeness (QED) is 0.684. The van der Waals surface area contributed by atoms with Gasteiger partial charge in [-0.1, -0.05) is 19.1 Å². The van der Waals surface area contributed by atoms with Crippen LogP contribution in [0.1, 0.15) is 54.1 Å². The number of nitrogens with zero attached hydrogens (tertiary/aromatic N) is 2. The number of carbonyl (C=O) groups excluding carboxylic acids is 1. The molecule has 8 nitrogen and oxygen atoms in total. The molecule has 1 aromatic heterocycles. The molecule has 3 aliphatic heterocycles. The zero-order valence-electron chi connectivity index (χ0n) is 16.9. The molecule has 0 radical (unpaired) electrons. The predicted octanol–water partition coefficient (Wildman–Crippen LogP) is 1.58. The number of halogens is 1. The fourth-order valence-corrected chi connectivity index (χ4v) is 4.39. The van der Waals surface area contributed by atoms with Gasteiger partial charge in [-0.25, -0.2) is 9.37 Å². The minimum atomic E-state index is -0.709. The van der Waals surface area contributed by atoms with E-state index in [0.29, 0.717) is 30.8 Å². The normalized spacial score (nSPS) is 24.9. The maximum atomic E-state index is 13.1. The van der Waals surface area contributed by atoms with Gasteiger partial charge in [-0.05, 0) is 44.0 Å². The monoisotopic (exact) mass is 416 g/mol. The van der Waals surface area contributed by atoms with E-state index in [-0.39, 0.29) is 30.2 Å². The van der Waals surface area contributed by atoms with Crippen molar-refractivity contribution in [3.8, 4) is 5.75 Å². The van der Waals surface area contributed by atoms with Gasteiger partial charge in [-0.3, -0.25) is 14.2 Å². The van der Waals surface area contributed by atoms with E-state index >= 15 is 0 Å². The first-order chi connectivity index (χ1) is 14.4. The SMILES string of the molecule is CCC1C2CCC(NC)(CO2)c2nc(C(=O)NCc3ccc(F)cc3)c(O)c(=O)n21. The van der Waals surface area contributed by atoms with Crippen molar-refractivity contribution in [2.45, 2.75) is 50.4 Å². The number of benzene rings is 1. The Kier molecular flexibility index (Phi) is 5.33. The molecule has 0 aliphatic carbocycles. The first-order valence-corrected chi connectivity index (χ1v) is 10.1. The first-order valence-electron chi connectivity index (χ1n) is 10.1. The third-order valence-electron chi connectivity index (χ3n) is 6.16. The molecule has 3 atom stereocenters. The number of ether oxygens (including phenoxy) is 1. The summed E-state index contributed by atoms with van der Waals surface area (Å²) in [5.41, 5.74) is -0.987. The standard InChI is InChI=1S/C21H25FN4O4/c1-3-14-15-8-9-21(23-2,11-30-15)20-25-16(17(27)19(29)26(14)20)18(28)24-10-12-4-6-13(22)7-5-12/h4-7,14-15,23,27H,3,8-11H2,1-2H3,(H,24,28). The lowest BCUT2D eigenvalue weighted by molar-refractivity contribution is -0.0478. The van der Waals surface area contributed by atoms with Gasteiger partial charge < -0.3 is 20.5 Å². The van der Waals surface area contributed by atoms with Gasteiger partial charge in [0.15, 0.2) is 5.69 Å². The van der Waals surface area contributed by atoms with Gasteiger partial charge in [-0.2, -0.15) is 0 Å². The minimum absolute atomic E-state index is 0.110. The van der Waals surface area contributed by atoms with Crippen molar-refractivity contribution in [3.63, 3.8) is 0 Å². The molecular weight excluding hydrogens is 391 g/mol. The van der Waals surface area contributed by atoms with E-state index in [0.717, 1.165) is 6.42 Å². The summed E-state index contributed by atoms with van der Waals surface area (Å²) in [6.45, 7) is 2.40. The van der Waals surface area contributed by atoms with Crippen LogP contribution >= 0.6 is 0 Å². The molecule has 9 heteroatoms. The molecule has 1 amide bonds. The summed E-state index contributed by atoms with van der Waals surface area (Å²) >= 11 is 0. The smallest absolute Gasteiger partial charge is 0.296 e. The number of hydrogen-bond acceptors (Lipinski definition) is 6. The van der Waals surface area contributed by atoms with Gasteiger partial charge in [0.25, 0.3) is 11.5 Å². The second-order valence-electron chi connectivity index (χ2n) is 7.81. The molecule has 1 saturated heterocycles. The van der Waals surface area contributed by atoms with Crippen LogP contribution < -0.4 is 16.2 Å². The van der Waals surface area contributed by atoms with Gasteiger partial charge in [0.1, 0.15) is 17.2 Å². The molecule has 2 aromatic rings. The number of hydrogen-bond donors (Lipinski definition) is 3. The molecule has 3 N–H and O–H groups in total. The number of aromatic nitrogens is 2. The Morgan fingerprint density at radius 2 is 2.13 bits per heavy atom. The third-order valence-corrected chi connectivity index (χ3v) is 6.16. The zero-order valence-corrected chi connectivity index (χ0v) is 16.9. The molecule has 5 rings (SSSR count). The van der Waals surface area contributed by atoms with Crippen molar-refractivity contribution >= 4 is 5.91 Å². The highest BCUT2D eigenvalue weighted by Gasteiger charge is 2.48. The Morgan fingerprint density at radius 3 is 2.73 bits per heavy atom. The highest BCUT2D eigenvalue weighted by molar-refractivity contribution is 5.94. The molecule has 4 heterocycles. The molecule has 2 bridgehead atoms. The van der Waals surface area contributed by atoms with Crippen LogP contribution in [-0.4, -0.2) is 40.3 Å². The number of rotatable bonds is 5. The summed E-state index contributed by atoms with van der Waals surface area (Å²) in [4.78, 5) is 30.4. The number of likely N-dealkylation sites (N-methyl/N-ethyl adjacent to an activating group) is 1. The van der Waals surface area contributed by atoms with E-state index in [2.05, 4.69) is 15.6 Å². The van der Waals surface area contributed by atoms with E-state index in [1.54, 1.807) is 19.2 Å². The van der Waals surface area contributed by atoms with Gasteiger partial charge in [0.2, 0.25) is 5.75 Å². The molecular formula is C21H25FN4O4. The average Bonchev–Trinajstić information content (AvgIpc) is 2.98. The van der Waals surface area contributed by atoms with Crippen molar-refractivity contribution in [2.24, 2.45) is 0 Å². The van der Waals surface area contributed by atoms with Crippen LogP contribution in [0, 0.1) is 5.82 Å². The number of carbonyl (C=O) groups is 1. The van der Waals surface area contributed by atoms with Gasteiger partial charge in [0.05, 0.1) is 18.8 Å². The number of amides is 1. The van der Waals surface area contributed by atoms with Crippen molar-refractivity contribution in [3.05, 3.63) is 57.5 Å². The lowest BCUT2D eigenvalue weighted by atomic mass is 9.89. The summed E-state index contributed by atoms with van der Waals surface area (Å²) in [7, 11) is 1.77. The molecule has 0 saturated carbocycles. The number of fused-ring (bicyclic) bond motifs is 2. The summed E-state index contributed by atoms with van der Waals surface area (Å²) in [5, 5.41) is 16.4. The van der Waals surface area contributed by atoms with Crippen molar-refractivity contribution in [1.29, 1.82) is 0 Å². The van der Waals surface area contributed by atoms with Crippen LogP contribution in [0.4, 0.5) is 4.39 Å². The van der Waals surface area contributed by atoms with Gasteiger partial charge in [-0.15, -0.1) is 0 Å². The predicted molar refractivity (Wildman–Crippen MR) is 107 cm³/mol. The van der Waals surface area contributed by atoms with E-state index in [1.807, 2.05) is 6.92 Å². The average molecular weight is 416 g/mol. The van der Waals surface area contributed by atoms with Gasteiger partial charge >= 0.3 is 0 Å². The van der Waals surface area contributed by atoms with Crippen LogP contribution in [0.3, 0.4) is 0 Å². The third kappa shape index (κ3) is 3.27. The lowest BCUT2D eigenvalue weighted by Gasteiger charge is -2.36. The fraction of sp³-hybridized carbons (Fsp3) is 0.476. The van der Waals surface area contributed by atoms with Crippen molar-refractivity contribution in [1.82, 2.24) is 20.2 Å². The molecule has 160 valence electrons. The molecule has 1 fully saturated rings. The maximum Gasteiger partial charge on any atom is 0.296 e. The Hall–Kier alpha value is -2.78. The minimum Gasteiger partial charge on any atom is -0.501 e. The molecule has 1 aromatic carbocycles. The largest absolute Gasteiger partial charge is 0.501 e. The second-order valence-corrected chi connectivity index (χ2v) is 7.81. The molecule has 3 unspecified atom stereocenters. The number of aromatic hydroxyl groups is 1. The topological polar surface area (TPSA) is 105 Å². The Bertz CT molecular complexity index is 1010. The molecule has 0 spiro atoms. The highest BCUT2D eigenvalue weighted by Crippen LogP contribution is 2.41. The van der Waals surface area contributed by atoms with Crippen molar-refractivity contribution < 1.29 is 19.0 Å². The fourth-order valence-electron chi connectivity index (χ4n) is 4.39. The summed E-state index contributed by atoms with van der Waals surface area (Å²) in [6.07, 6.45) is 1.94. The van der Waals surface area contributed by atoms with E-state index in [1.165, 1.54) is 16.7 Å². The van der Waals surface area contributed by atoms with Crippen molar-refractivity contribution in [2.75, 3.05) is 13.7 Å². The Labute approximate surface area is 173 Å². The van der Waals surface area contributed by atoms with Crippen LogP contribution in [0.15, 0.2) is 29.1 Å². The van der Waals surface area contributed by atoms with Crippen LogP contribution in [0.25, 0.3) is 0 Å². The Balaban J connectivity index is 1.73. The van der Waals surface area contributed by atoms with Crippen LogP contribution in [-0.2, 0) is 16.8 Å². The van der Waals surface area contributed by atoms with Crippen LogP contribution in [0.5, 0.6) is 5.75 Å². The van der Waals surface area contributed by atoms with E-state index in [9.17, 15) is 19.1 Å². The van der Waals surface area contributed by atoms with Crippen LogP contribution in [0.2, 0.25) is 0 Å². The molecule has 3 aliphatic rings. The van der Waals surface area contributed by atoms with E-state index in [4.69, 9.17) is 4.74 Å². The Morgan fingerprint density at radius 1 is 1.40 bits per heavy atom. The zero-order chi connectivity index (χ0) is 21.5. The molecule has 30 heavy (non-hydrogen) atoms. The summed E-state index contributed by atoms with van der Waals surface area (Å²) in [6, 6.07) is 5.42. The first kappa shape index (κ1) is 20.5. The maximum absolute atomic E-state index is 13.1.